The molecule has 5 rings (SSSR count). The van der Waals surface area contributed by atoms with Gasteiger partial charge < -0.3 is 10.5 Å². The molecule has 1 aromatic carbocycles. The molecule has 0 spiro atoms. The molecule has 0 atom stereocenters. The summed E-state index contributed by atoms with van der Waals surface area (Å²) in [6.45, 7) is 0.175. The van der Waals surface area contributed by atoms with E-state index in [1.54, 1.807) is 16.6 Å². The first-order chi connectivity index (χ1) is 15.6. The number of nitrogens with zero attached hydrogens (tertiary/aromatic N) is 4. The molecule has 160 valence electrons. The minimum Gasteiger partial charge on any atom is -0.489 e. The zero-order valence-electron chi connectivity index (χ0n) is 17.1. The third-order valence-corrected chi connectivity index (χ3v) is 5.21. The fraction of sp³-hybridized carbons (Fsp3) is 0.174. The maximum Gasteiger partial charge on any atom is 0.267 e. The van der Waals surface area contributed by atoms with Crippen LogP contribution in [0.5, 0.6) is 5.75 Å². The second kappa shape index (κ2) is 8.10. The lowest BCUT2D eigenvalue weighted by atomic mass is 10.1. The first-order valence-electron chi connectivity index (χ1n) is 10.2. The van der Waals surface area contributed by atoms with Crippen LogP contribution in [-0.4, -0.2) is 31.4 Å². The zero-order valence-corrected chi connectivity index (χ0v) is 17.1. The highest BCUT2D eigenvalue weighted by Crippen LogP contribution is 2.30. The number of amides is 2. The lowest BCUT2D eigenvalue weighted by Crippen LogP contribution is -2.16. The van der Waals surface area contributed by atoms with E-state index in [2.05, 4.69) is 20.4 Å². The summed E-state index contributed by atoms with van der Waals surface area (Å²) < 4.78 is 7.51. The van der Waals surface area contributed by atoms with Crippen molar-refractivity contribution in [3.63, 3.8) is 0 Å². The van der Waals surface area contributed by atoms with E-state index in [0.29, 0.717) is 22.9 Å². The van der Waals surface area contributed by atoms with Gasteiger partial charge in [-0.2, -0.15) is 4.98 Å². The molecule has 32 heavy (non-hydrogen) atoms. The molecule has 3 N–H and O–H groups in total. The Morgan fingerprint density at radius 1 is 1.09 bits per heavy atom. The van der Waals surface area contributed by atoms with Crippen LogP contribution in [0.2, 0.25) is 0 Å². The monoisotopic (exact) mass is 428 g/mol. The van der Waals surface area contributed by atoms with Crippen molar-refractivity contribution in [1.29, 1.82) is 0 Å². The third-order valence-electron chi connectivity index (χ3n) is 5.21. The number of pyridine rings is 2. The number of hydrogen-bond acceptors (Lipinski definition) is 6. The van der Waals surface area contributed by atoms with Crippen LogP contribution >= 0.6 is 0 Å². The molecule has 2 amide bonds. The second-order valence-electron chi connectivity index (χ2n) is 7.57. The molecule has 0 radical (unpaired) electrons. The first kappa shape index (κ1) is 19.7. The molecule has 3 aromatic heterocycles. The summed E-state index contributed by atoms with van der Waals surface area (Å²) in [7, 11) is 0. The van der Waals surface area contributed by atoms with Gasteiger partial charge in [-0.1, -0.05) is 12.1 Å². The molecular weight excluding hydrogens is 408 g/mol. The molecule has 9 heteroatoms. The zero-order chi connectivity index (χ0) is 22.1. The molecule has 1 fully saturated rings. The van der Waals surface area contributed by atoms with Crippen LogP contribution in [0.1, 0.15) is 28.9 Å². The number of rotatable bonds is 7. The van der Waals surface area contributed by atoms with Gasteiger partial charge in [0.1, 0.15) is 18.1 Å². The fourth-order valence-corrected chi connectivity index (χ4v) is 3.39. The standard InChI is InChI=1S/C23H20N6O3/c24-21(30)20-16(3-2-12-25-20)13-32-17-10-8-14(9-11-17)18-4-1-5-19-26-23(28-29(18)19)27-22(31)15-6-7-15/h1-5,8-12,15H,6-7,13H2,(H2,24,30)(H,27,28,31). The van der Waals surface area contributed by atoms with Gasteiger partial charge in [-0.3, -0.25) is 19.9 Å². The largest absolute Gasteiger partial charge is 0.489 e. The molecule has 9 nitrogen and oxygen atoms in total. The van der Waals surface area contributed by atoms with Crippen molar-refractivity contribution < 1.29 is 14.3 Å². The number of aromatic nitrogens is 4. The number of hydrogen-bond donors (Lipinski definition) is 2. The van der Waals surface area contributed by atoms with E-state index in [9.17, 15) is 9.59 Å². The predicted octanol–water partition coefficient (Wildman–Crippen LogP) is 2.82. The first-order valence-corrected chi connectivity index (χ1v) is 10.2. The number of nitrogens with one attached hydrogen (secondary N) is 1. The molecule has 3 heterocycles. The summed E-state index contributed by atoms with van der Waals surface area (Å²) in [5.74, 6) is 0.400. The molecule has 1 aliphatic carbocycles. The minimum atomic E-state index is -0.590. The van der Waals surface area contributed by atoms with Crippen molar-refractivity contribution in [2.24, 2.45) is 11.7 Å². The van der Waals surface area contributed by atoms with Gasteiger partial charge in [-0.15, -0.1) is 5.10 Å². The van der Waals surface area contributed by atoms with E-state index in [1.165, 1.54) is 6.20 Å². The van der Waals surface area contributed by atoms with E-state index in [-0.39, 0.29) is 24.1 Å². The summed E-state index contributed by atoms with van der Waals surface area (Å²) in [4.78, 5) is 31.9. The number of carbonyl (C=O) groups is 2. The number of carbonyl (C=O) groups excluding carboxylic acids is 2. The van der Waals surface area contributed by atoms with Crippen LogP contribution in [0, 0.1) is 5.92 Å². The number of anilines is 1. The van der Waals surface area contributed by atoms with Crippen LogP contribution < -0.4 is 15.8 Å². The van der Waals surface area contributed by atoms with E-state index >= 15 is 0 Å². The maximum absolute atomic E-state index is 12.0. The normalized spacial score (nSPS) is 13.1. The van der Waals surface area contributed by atoms with Gasteiger partial charge in [0.25, 0.3) is 5.91 Å². The molecule has 1 aliphatic rings. The Morgan fingerprint density at radius 2 is 1.91 bits per heavy atom. The van der Waals surface area contributed by atoms with Gasteiger partial charge in [0.2, 0.25) is 11.9 Å². The Kier molecular flexibility index (Phi) is 4.98. The average Bonchev–Trinajstić information content (AvgIpc) is 3.58. The highest BCUT2D eigenvalue weighted by Gasteiger charge is 2.30. The van der Waals surface area contributed by atoms with E-state index in [0.717, 1.165) is 24.1 Å². The van der Waals surface area contributed by atoms with E-state index in [4.69, 9.17) is 10.5 Å². The molecule has 1 saturated carbocycles. The molecule has 4 aromatic rings. The summed E-state index contributed by atoms with van der Waals surface area (Å²) >= 11 is 0. The van der Waals surface area contributed by atoms with E-state index in [1.807, 2.05) is 42.5 Å². The minimum absolute atomic E-state index is 0.0305. The Morgan fingerprint density at radius 3 is 2.66 bits per heavy atom. The lowest BCUT2D eigenvalue weighted by Gasteiger charge is -2.10. The van der Waals surface area contributed by atoms with E-state index < -0.39 is 5.91 Å². The van der Waals surface area contributed by atoms with Crippen molar-refractivity contribution in [3.05, 3.63) is 72.1 Å². The van der Waals surface area contributed by atoms with Gasteiger partial charge in [0.05, 0.1) is 5.69 Å². The Balaban J connectivity index is 1.34. The average molecular weight is 428 g/mol. The van der Waals surface area contributed by atoms with Crippen molar-refractivity contribution in [2.75, 3.05) is 5.32 Å². The third kappa shape index (κ3) is 4.00. The smallest absolute Gasteiger partial charge is 0.267 e. The van der Waals surface area contributed by atoms with Gasteiger partial charge in [-0.25, -0.2) is 4.52 Å². The topological polar surface area (TPSA) is 125 Å². The van der Waals surface area contributed by atoms with Gasteiger partial charge in [0, 0.05) is 23.2 Å². The summed E-state index contributed by atoms with van der Waals surface area (Å²) in [6, 6.07) is 16.6. The molecule has 0 saturated heterocycles. The maximum atomic E-state index is 12.0. The molecular formula is C23H20N6O3. The quantitative estimate of drug-likeness (QED) is 0.466. The van der Waals surface area contributed by atoms with Gasteiger partial charge in [-0.05, 0) is 55.3 Å². The van der Waals surface area contributed by atoms with Crippen LogP contribution in [0.15, 0.2) is 60.8 Å². The lowest BCUT2D eigenvalue weighted by molar-refractivity contribution is -0.117. The predicted molar refractivity (Wildman–Crippen MR) is 117 cm³/mol. The van der Waals surface area contributed by atoms with Crippen LogP contribution in [0.25, 0.3) is 16.9 Å². The van der Waals surface area contributed by atoms with Crippen molar-refractivity contribution in [2.45, 2.75) is 19.4 Å². The van der Waals surface area contributed by atoms with Crippen LogP contribution in [0.3, 0.4) is 0 Å². The summed E-state index contributed by atoms with van der Waals surface area (Å²) in [5.41, 5.74) is 8.57. The van der Waals surface area contributed by atoms with Crippen molar-refractivity contribution in [3.8, 4) is 17.0 Å². The van der Waals surface area contributed by atoms with Crippen LogP contribution in [0.4, 0.5) is 5.95 Å². The summed E-state index contributed by atoms with van der Waals surface area (Å²) in [6.07, 6.45) is 3.36. The van der Waals surface area contributed by atoms with Gasteiger partial charge >= 0.3 is 0 Å². The van der Waals surface area contributed by atoms with Crippen molar-refractivity contribution in [1.82, 2.24) is 19.6 Å². The number of ether oxygens (including phenoxy) is 1. The number of benzene rings is 1. The van der Waals surface area contributed by atoms with Crippen LogP contribution in [-0.2, 0) is 11.4 Å². The SMILES string of the molecule is NC(=O)c1ncccc1COc1ccc(-c2cccc3nc(NC(=O)C4CC4)nn23)cc1. The molecule has 0 aliphatic heterocycles. The Bertz CT molecular complexity index is 1310. The number of primary amides is 1. The Hall–Kier alpha value is -4.27. The van der Waals surface area contributed by atoms with Gasteiger partial charge in [0.15, 0.2) is 5.65 Å². The molecule has 0 bridgehead atoms. The summed E-state index contributed by atoms with van der Waals surface area (Å²) in [5, 5.41) is 7.24. The molecule has 0 unspecified atom stereocenters. The fourth-order valence-electron chi connectivity index (χ4n) is 3.39. The highest BCUT2D eigenvalue weighted by atomic mass is 16.5. The second-order valence-corrected chi connectivity index (χ2v) is 7.57. The van der Waals surface area contributed by atoms with Crippen molar-refractivity contribution >= 4 is 23.4 Å². The highest BCUT2D eigenvalue weighted by molar-refractivity contribution is 5.93. The number of fused-ring (bicyclic) bond motifs is 1. The number of nitrogens with two attached hydrogens (primary N) is 1. The Labute approximate surface area is 183 Å².